The van der Waals surface area contributed by atoms with E-state index in [0.717, 1.165) is 43.7 Å². The SMILES string of the molecule is CN(C)C(=O)Oc1ccc(CCC(NC(=O)C2CCCCC2)C(=O)O)cc1.Cc1cc(F)cc(F)c1. The number of benzene rings is 2. The zero-order valence-corrected chi connectivity index (χ0v) is 20.9. The minimum Gasteiger partial charge on any atom is -0.480 e. The monoisotopic (exact) mass is 504 g/mol. The van der Waals surface area contributed by atoms with E-state index in [9.17, 15) is 28.3 Å². The maximum atomic E-state index is 12.3. The normalized spacial score (nSPS) is 14.1. The first kappa shape index (κ1) is 28.7. The number of carbonyl (C=O) groups excluding carboxylic acids is 2. The summed E-state index contributed by atoms with van der Waals surface area (Å²) in [5, 5.41) is 12.1. The summed E-state index contributed by atoms with van der Waals surface area (Å²) in [6.07, 6.45) is 5.23. The Labute approximate surface area is 210 Å². The zero-order chi connectivity index (χ0) is 26.7. The summed E-state index contributed by atoms with van der Waals surface area (Å²) in [5.41, 5.74) is 1.52. The second-order valence-electron chi connectivity index (χ2n) is 9.13. The number of carboxylic acid groups (broad SMARTS) is 1. The molecule has 0 aliphatic heterocycles. The first-order valence-corrected chi connectivity index (χ1v) is 12.0. The number of nitrogens with one attached hydrogen (secondary N) is 1. The van der Waals surface area contributed by atoms with Gasteiger partial charge in [-0.2, -0.15) is 0 Å². The van der Waals surface area contributed by atoms with Crippen molar-refractivity contribution < 1.29 is 33.0 Å². The summed E-state index contributed by atoms with van der Waals surface area (Å²) in [6.45, 7) is 1.64. The predicted molar refractivity (Wildman–Crippen MR) is 132 cm³/mol. The molecule has 1 aliphatic rings. The van der Waals surface area contributed by atoms with Gasteiger partial charge in [0.15, 0.2) is 0 Å². The van der Waals surface area contributed by atoms with Gasteiger partial charge in [-0.25, -0.2) is 18.4 Å². The lowest BCUT2D eigenvalue weighted by Gasteiger charge is -2.23. The maximum Gasteiger partial charge on any atom is 0.414 e. The molecule has 0 aromatic heterocycles. The minimum absolute atomic E-state index is 0.0636. The first-order valence-electron chi connectivity index (χ1n) is 12.0. The highest BCUT2D eigenvalue weighted by Crippen LogP contribution is 2.24. The van der Waals surface area contributed by atoms with E-state index in [0.29, 0.717) is 24.2 Å². The summed E-state index contributed by atoms with van der Waals surface area (Å²) in [6, 6.07) is 9.45. The van der Waals surface area contributed by atoms with Gasteiger partial charge >= 0.3 is 12.1 Å². The summed E-state index contributed by atoms with van der Waals surface area (Å²) in [5.74, 6) is -1.84. The van der Waals surface area contributed by atoms with Crippen molar-refractivity contribution in [3.8, 4) is 5.75 Å². The second kappa shape index (κ2) is 14.2. The summed E-state index contributed by atoms with van der Waals surface area (Å²) in [7, 11) is 3.20. The number of carbonyl (C=O) groups is 3. The van der Waals surface area contributed by atoms with Crippen LogP contribution in [0.25, 0.3) is 0 Å². The summed E-state index contributed by atoms with van der Waals surface area (Å²) in [4.78, 5) is 36.7. The molecule has 36 heavy (non-hydrogen) atoms. The average Bonchev–Trinajstić information content (AvgIpc) is 2.82. The zero-order valence-electron chi connectivity index (χ0n) is 20.9. The molecule has 0 bridgehead atoms. The van der Waals surface area contributed by atoms with Crippen molar-refractivity contribution >= 4 is 18.0 Å². The van der Waals surface area contributed by atoms with Gasteiger partial charge in [-0.3, -0.25) is 4.79 Å². The van der Waals surface area contributed by atoms with Crippen molar-refractivity contribution in [1.82, 2.24) is 10.2 Å². The Morgan fingerprint density at radius 2 is 1.61 bits per heavy atom. The molecule has 7 nitrogen and oxygen atoms in total. The van der Waals surface area contributed by atoms with E-state index >= 15 is 0 Å². The third kappa shape index (κ3) is 10.0. The van der Waals surface area contributed by atoms with Gasteiger partial charge in [0.25, 0.3) is 0 Å². The van der Waals surface area contributed by atoms with Crippen molar-refractivity contribution in [1.29, 1.82) is 0 Å². The Kier molecular flexibility index (Phi) is 11.3. The van der Waals surface area contributed by atoms with Crippen molar-refractivity contribution in [3.63, 3.8) is 0 Å². The van der Waals surface area contributed by atoms with Gasteiger partial charge in [-0.15, -0.1) is 0 Å². The molecule has 196 valence electrons. The van der Waals surface area contributed by atoms with E-state index < -0.39 is 29.7 Å². The van der Waals surface area contributed by atoms with E-state index in [4.69, 9.17) is 4.74 Å². The molecular formula is C27H34F2N2O5. The number of rotatable bonds is 7. The Morgan fingerprint density at radius 1 is 1.03 bits per heavy atom. The van der Waals surface area contributed by atoms with Crippen LogP contribution < -0.4 is 10.1 Å². The van der Waals surface area contributed by atoms with E-state index in [1.54, 1.807) is 45.3 Å². The molecule has 3 rings (SSSR count). The van der Waals surface area contributed by atoms with Gasteiger partial charge in [0.2, 0.25) is 5.91 Å². The number of aliphatic carboxylic acids is 1. The van der Waals surface area contributed by atoms with Crippen LogP contribution in [0, 0.1) is 24.5 Å². The van der Waals surface area contributed by atoms with Crippen LogP contribution >= 0.6 is 0 Å². The molecule has 2 N–H and O–H groups in total. The van der Waals surface area contributed by atoms with Gasteiger partial charge in [0, 0.05) is 26.1 Å². The van der Waals surface area contributed by atoms with Gasteiger partial charge in [-0.05, 0) is 68.0 Å². The van der Waals surface area contributed by atoms with Crippen molar-refractivity contribution in [2.45, 2.75) is 57.9 Å². The molecule has 1 aliphatic carbocycles. The fraction of sp³-hybridized carbons (Fsp3) is 0.444. The fourth-order valence-corrected chi connectivity index (χ4v) is 3.83. The molecule has 1 atom stereocenters. The number of hydrogen-bond acceptors (Lipinski definition) is 4. The highest BCUT2D eigenvalue weighted by Gasteiger charge is 2.26. The molecule has 2 aromatic rings. The Bertz CT molecular complexity index is 971. The molecule has 0 saturated heterocycles. The molecule has 1 fully saturated rings. The molecule has 0 spiro atoms. The predicted octanol–water partition coefficient (Wildman–Crippen LogP) is 5.10. The lowest BCUT2D eigenvalue weighted by molar-refractivity contribution is -0.142. The van der Waals surface area contributed by atoms with E-state index in [2.05, 4.69) is 5.32 Å². The highest BCUT2D eigenvalue weighted by atomic mass is 19.1. The van der Waals surface area contributed by atoms with Gasteiger partial charge in [0.05, 0.1) is 0 Å². The van der Waals surface area contributed by atoms with Crippen LogP contribution in [-0.2, 0) is 16.0 Å². The molecule has 9 heteroatoms. The maximum absolute atomic E-state index is 12.3. The number of nitrogens with zero attached hydrogens (tertiary/aromatic N) is 1. The fourth-order valence-electron chi connectivity index (χ4n) is 3.83. The Hall–Kier alpha value is -3.49. The van der Waals surface area contributed by atoms with Crippen LogP contribution in [0.4, 0.5) is 13.6 Å². The van der Waals surface area contributed by atoms with Crippen molar-refractivity contribution in [2.75, 3.05) is 14.1 Å². The summed E-state index contributed by atoms with van der Waals surface area (Å²) < 4.78 is 29.5. The standard InChI is InChI=1S/C20H28N2O5.C7H6F2/c1-22(2)20(26)27-16-11-8-14(9-12-16)10-13-17(19(24)25)21-18(23)15-6-4-3-5-7-15;1-5-2-6(8)4-7(9)3-5/h8-9,11-12,15,17H,3-7,10,13H2,1-2H3,(H,21,23)(H,24,25);2-4H,1H3. The molecule has 2 aromatic carbocycles. The third-order valence-electron chi connectivity index (χ3n) is 5.81. The largest absolute Gasteiger partial charge is 0.480 e. The van der Waals surface area contributed by atoms with Crippen LogP contribution in [0.3, 0.4) is 0 Å². The topological polar surface area (TPSA) is 95.9 Å². The van der Waals surface area contributed by atoms with Crippen LogP contribution in [0.1, 0.15) is 49.7 Å². The lowest BCUT2D eigenvalue weighted by atomic mass is 9.88. The molecule has 0 heterocycles. The second-order valence-corrected chi connectivity index (χ2v) is 9.13. The number of hydrogen-bond donors (Lipinski definition) is 2. The number of amides is 2. The quantitative estimate of drug-likeness (QED) is 0.547. The Morgan fingerprint density at radius 3 is 2.11 bits per heavy atom. The van der Waals surface area contributed by atoms with Gasteiger partial charge in [-0.1, -0.05) is 31.4 Å². The third-order valence-corrected chi connectivity index (χ3v) is 5.81. The highest BCUT2D eigenvalue weighted by molar-refractivity contribution is 5.85. The number of ether oxygens (including phenoxy) is 1. The van der Waals surface area contributed by atoms with Gasteiger partial charge < -0.3 is 20.1 Å². The number of carboxylic acids is 1. The van der Waals surface area contributed by atoms with Crippen LogP contribution in [0.15, 0.2) is 42.5 Å². The van der Waals surface area contributed by atoms with Crippen LogP contribution in [-0.4, -0.2) is 48.1 Å². The van der Waals surface area contributed by atoms with E-state index in [1.165, 1.54) is 17.0 Å². The molecule has 0 radical (unpaired) electrons. The first-order chi connectivity index (χ1) is 17.0. The molecular weight excluding hydrogens is 470 g/mol. The number of aryl methyl sites for hydroxylation is 2. The lowest BCUT2D eigenvalue weighted by Crippen LogP contribution is -2.44. The molecule has 2 amide bonds. The number of halogens is 2. The van der Waals surface area contributed by atoms with Crippen LogP contribution in [0.2, 0.25) is 0 Å². The van der Waals surface area contributed by atoms with Crippen molar-refractivity contribution in [3.05, 3.63) is 65.2 Å². The summed E-state index contributed by atoms with van der Waals surface area (Å²) >= 11 is 0. The molecule has 1 saturated carbocycles. The minimum atomic E-state index is -1.02. The van der Waals surface area contributed by atoms with E-state index in [-0.39, 0.29) is 11.8 Å². The van der Waals surface area contributed by atoms with Crippen molar-refractivity contribution in [2.24, 2.45) is 5.92 Å². The van der Waals surface area contributed by atoms with Crippen LogP contribution in [0.5, 0.6) is 5.75 Å². The van der Waals surface area contributed by atoms with E-state index in [1.807, 2.05) is 0 Å². The smallest absolute Gasteiger partial charge is 0.414 e. The average molecular weight is 505 g/mol. The van der Waals surface area contributed by atoms with Gasteiger partial charge in [0.1, 0.15) is 23.4 Å². The Balaban J connectivity index is 0.000000425. The molecule has 1 unspecified atom stereocenters.